The highest BCUT2D eigenvalue weighted by molar-refractivity contribution is 9.08. The fourth-order valence-corrected chi connectivity index (χ4v) is 1.73. The van der Waals surface area contributed by atoms with Crippen molar-refractivity contribution in [1.82, 2.24) is 4.98 Å². The molecule has 1 rings (SSSR count). The molecule has 0 aliphatic heterocycles. The van der Waals surface area contributed by atoms with Crippen LogP contribution in [-0.4, -0.2) is 31.0 Å². The molecule has 9 heteroatoms. The molecule has 0 bridgehead atoms. The predicted octanol–water partition coefficient (Wildman–Crippen LogP) is 3.06. The van der Waals surface area contributed by atoms with E-state index in [0.29, 0.717) is 0 Å². The van der Waals surface area contributed by atoms with Gasteiger partial charge < -0.3 is 14.2 Å². The van der Waals surface area contributed by atoms with Gasteiger partial charge in [0.15, 0.2) is 5.75 Å². The summed E-state index contributed by atoms with van der Waals surface area (Å²) in [7, 11) is 1.28. The fraction of sp³-hybridized carbons (Fsp3) is 0.455. The molecule has 20 heavy (non-hydrogen) atoms. The lowest BCUT2D eigenvalue weighted by atomic mass is 10.2. The van der Waals surface area contributed by atoms with Gasteiger partial charge in [0.25, 0.3) is 0 Å². The van der Waals surface area contributed by atoms with Crippen LogP contribution in [0.1, 0.15) is 23.0 Å². The lowest BCUT2D eigenvalue weighted by Gasteiger charge is -2.16. The van der Waals surface area contributed by atoms with E-state index in [2.05, 4.69) is 25.7 Å². The summed E-state index contributed by atoms with van der Waals surface area (Å²) in [6, 6.07) is 1.03. The number of carbonyl (C=O) groups excluding carboxylic acids is 1. The van der Waals surface area contributed by atoms with E-state index in [0.717, 1.165) is 6.07 Å². The number of rotatable bonds is 5. The van der Waals surface area contributed by atoms with Crippen molar-refractivity contribution >= 4 is 21.9 Å². The molecule has 0 saturated carbocycles. The van der Waals surface area contributed by atoms with Crippen LogP contribution in [0.3, 0.4) is 0 Å². The molecule has 0 radical (unpaired) electrons. The van der Waals surface area contributed by atoms with Crippen LogP contribution in [0.2, 0.25) is 0 Å². The summed E-state index contributed by atoms with van der Waals surface area (Å²) in [5, 5.41) is -0.0536. The summed E-state index contributed by atoms with van der Waals surface area (Å²) in [6.45, 7) is 1.55. The van der Waals surface area contributed by atoms with Crippen LogP contribution in [0.5, 0.6) is 11.6 Å². The largest absolute Gasteiger partial charge is 0.573 e. The average Bonchev–Trinajstić information content (AvgIpc) is 2.37. The normalized spacial score (nSPS) is 11.1. The molecule has 112 valence electrons. The van der Waals surface area contributed by atoms with E-state index in [9.17, 15) is 18.0 Å². The zero-order chi connectivity index (χ0) is 15.3. The highest BCUT2D eigenvalue weighted by Crippen LogP contribution is 2.33. The minimum absolute atomic E-state index is 0.0125. The zero-order valence-corrected chi connectivity index (χ0v) is 12.2. The molecule has 1 heterocycles. The maximum atomic E-state index is 12.4. The van der Waals surface area contributed by atoms with Crippen LogP contribution in [0, 0.1) is 0 Å². The van der Waals surface area contributed by atoms with E-state index < -0.39 is 23.6 Å². The fourth-order valence-electron chi connectivity index (χ4n) is 1.35. The Bertz CT molecular complexity index is 493. The number of alkyl halides is 4. The molecule has 0 saturated heterocycles. The third-order valence-electron chi connectivity index (χ3n) is 2.07. The standard InChI is InChI=1S/C11H11BrF3NO4/c1-3-19-10(17)6-4-8(18-2)16-7(5-12)9(6)20-11(13,14)15/h4H,3,5H2,1-2H3. The third kappa shape index (κ3) is 4.26. The van der Waals surface area contributed by atoms with E-state index in [1.807, 2.05) is 0 Å². The summed E-state index contributed by atoms with van der Waals surface area (Å²) < 4.78 is 50.7. The van der Waals surface area contributed by atoms with E-state index in [1.165, 1.54) is 14.0 Å². The number of hydrogen-bond donors (Lipinski definition) is 0. The molecular weight excluding hydrogens is 347 g/mol. The van der Waals surface area contributed by atoms with Gasteiger partial charge in [-0.25, -0.2) is 9.78 Å². The lowest BCUT2D eigenvalue weighted by molar-refractivity contribution is -0.275. The maximum absolute atomic E-state index is 12.4. The van der Waals surface area contributed by atoms with Crippen molar-refractivity contribution in [2.75, 3.05) is 13.7 Å². The minimum atomic E-state index is -4.95. The number of halogens is 4. The Morgan fingerprint density at radius 1 is 1.45 bits per heavy atom. The van der Waals surface area contributed by atoms with E-state index in [-0.39, 0.29) is 23.5 Å². The molecule has 0 aliphatic rings. The van der Waals surface area contributed by atoms with Crippen molar-refractivity contribution in [2.24, 2.45) is 0 Å². The number of carbonyl (C=O) groups is 1. The molecule has 1 aromatic rings. The van der Waals surface area contributed by atoms with Crippen LogP contribution in [-0.2, 0) is 10.1 Å². The Morgan fingerprint density at radius 3 is 2.55 bits per heavy atom. The summed E-state index contributed by atoms with van der Waals surface area (Å²) in [5.41, 5.74) is -0.518. The first kappa shape index (κ1) is 16.5. The number of nitrogens with zero attached hydrogens (tertiary/aromatic N) is 1. The predicted molar refractivity (Wildman–Crippen MR) is 66.1 cm³/mol. The van der Waals surface area contributed by atoms with Gasteiger partial charge in [-0.05, 0) is 6.92 Å². The van der Waals surface area contributed by atoms with Crippen molar-refractivity contribution in [2.45, 2.75) is 18.6 Å². The van der Waals surface area contributed by atoms with Crippen LogP contribution >= 0.6 is 15.9 Å². The van der Waals surface area contributed by atoms with Crippen molar-refractivity contribution in [3.05, 3.63) is 17.3 Å². The second-order valence-corrected chi connectivity index (χ2v) is 3.95. The molecule has 0 N–H and O–H groups in total. The quantitative estimate of drug-likeness (QED) is 0.598. The van der Waals surface area contributed by atoms with Crippen molar-refractivity contribution in [1.29, 1.82) is 0 Å². The summed E-state index contributed by atoms with van der Waals surface area (Å²) in [4.78, 5) is 15.5. The Balaban J connectivity index is 3.38. The Labute approximate surface area is 121 Å². The first-order valence-corrected chi connectivity index (χ1v) is 6.51. The van der Waals surface area contributed by atoms with Gasteiger partial charge >= 0.3 is 12.3 Å². The second kappa shape index (κ2) is 6.78. The Kier molecular flexibility index (Phi) is 5.61. The SMILES string of the molecule is CCOC(=O)c1cc(OC)nc(CBr)c1OC(F)(F)F. The highest BCUT2D eigenvalue weighted by atomic mass is 79.9. The first-order valence-electron chi connectivity index (χ1n) is 5.39. The van der Waals surface area contributed by atoms with Gasteiger partial charge in [-0.3, -0.25) is 0 Å². The van der Waals surface area contributed by atoms with Crippen LogP contribution in [0.15, 0.2) is 6.07 Å². The molecule has 0 spiro atoms. The smallest absolute Gasteiger partial charge is 0.481 e. The molecule has 1 aromatic heterocycles. The molecule has 0 unspecified atom stereocenters. The second-order valence-electron chi connectivity index (χ2n) is 3.39. The topological polar surface area (TPSA) is 57.7 Å². The average molecular weight is 358 g/mol. The number of methoxy groups -OCH3 is 1. The monoisotopic (exact) mass is 357 g/mol. The molecule has 0 atom stereocenters. The van der Waals surface area contributed by atoms with E-state index in [1.54, 1.807) is 0 Å². The molecule has 0 aromatic carbocycles. The van der Waals surface area contributed by atoms with Gasteiger partial charge in [-0.2, -0.15) is 0 Å². The van der Waals surface area contributed by atoms with E-state index >= 15 is 0 Å². The molecule has 5 nitrogen and oxygen atoms in total. The van der Waals surface area contributed by atoms with Crippen LogP contribution in [0.4, 0.5) is 13.2 Å². The number of pyridine rings is 1. The van der Waals surface area contributed by atoms with Gasteiger partial charge in [-0.15, -0.1) is 13.2 Å². The number of hydrogen-bond acceptors (Lipinski definition) is 5. The number of ether oxygens (including phenoxy) is 3. The summed E-state index contributed by atoms with van der Waals surface area (Å²) in [5.74, 6) is -1.67. The van der Waals surface area contributed by atoms with E-state index in [4.69, 9.17) is 9.47 Å². The summed E-state index contributed by atoms with van der Waals surface area (Å²) >= 11 is 2.98. The number of aromatic nitrogens is 1. The zero-order valence-electron chi connectivity index (χ0n) is 10.6. The molecule has 0 aliphatic carbocycles. The lowest BCUT2D eigenvalue weighted by Crippen LogP contribution is -2.21. The molecule has 0 fully saturated rings. The van der Waals surface area contributed by atoms with Gasteiger partial charge in [0, 0.05) is 11.4 Å². The Morgan fingerprint density at radius 2 is 2.10 bits per heavy atom. The molecular formula is C11H11BrF3NO4. The third-order valence-corrected chi connectivity index (χ3v) is 2.60. The van der Waals surface area contributed by atoms with Gasteiger partial charge in [0.2, 0.25) is 5.88 Å². The van der Waals surface area contributed by atoms with Crippen LogP contribution < -0.4 is 9.47 Å². The highest BCUT2D eigenvalue weighted by Gasteiger charge is 2.35. The van der Waals surface area contributed by atoms with Crippen LogP contribution in [0.25, 0.3) is 0 Å². The summed E-state index contributed by atoms with van der Waals surface area (Å²) in [6.07, 6.45) is -4.95. The maximum Gasteiger partial charge on any atom is 0.573 e. The van der Waals surface area contributed by atoms with Gasteiger partial charge in [0.05, 0.1) is 19.4 Å². The van der Waals surface area contributed by atoms with Crippen molar-refractivity contribution in [3.63, 3.8) is 0 Å². The molecule has 0 amide bonds. The Hall–Kier alpha value is -1.51. The van der Waals surface area contributed by atoms with Crippen molar-refractivity contribution < 1.29 is 32.2 Å². The minimum Gasteiger partial charge on any atom is -0.481 e. The first-order chi connectivity index (χ1) is 9.32. The number of esters is 1. The van der Waals surface area contributed by atoms with Gasteiger partial charge in [0.1, 0.15) is 5.56 Å². The van der Waals surface area contributed by atoms with Crippen molar-refractivity contribution in [3.8, 4) is 11.6 Å². The van der Waals surface area contributed by atoms with Gasteiger partial charge in [-0.1, -0.05) is 15.9 Å².